The lowest BCUT2D eigenvalue weighted by Gasteiger charge is -2.24. The number of carbonyl (C=O) groups excluding carboxylic acids is 1. The smallest absolute Gasteiger partial charge is 0.323 e. The van der Waals surface area contributed by atoms with Gasteiger partial charge in [-0.15, -0.1) is 0 Å². The predicted molar refractivity (Wildman–Crippen MR) is 77.6 cm³/mol. The number of aliphatic carboxylic acids is 1. The summed E-state index contributed by atoms with van der Waals surface area (Å²) in [5.74, 6) is -1.15. The standard InChI is InChI=1S/C14H18ClNO5/c1-10(21-12-6-4-3-5-11(12)15)14(19)16(7-8-20-2)9-13(17)18/h3-6,10H,7-9H2,1-2H3,(H,17,18). The zero-order valence-electron chi connectivity index (χ0n) is 11.9. The Morgan fingerprint density at radius 1 is 1.38 bits per heavy atom. The van der Waals surface area contributed by atoms with Crippen LogP contribution in [-0.2, 0) is 14.3 Å². The highest BCUT2D eigenvalue weighted by molar-refractivity contribution is 6.32. The predicted octanol–water partition coefficient (Wildman–Crippen LogP) is 1.67. The van der Waals surface area contributed by atoms with Crippen molar-refractivity contribution in [3.8, 4) is 5.75 Å². The van der Waals surface area contributed by atoms with Crippen LogP contribution < -0.4 is 4.74 Å². The van der Waals surface area contributed by atoms with E-state index >= 15 is 0 Å². The molecule has 21 heavy (non-hydrogen) atoms. The summed E-state index contributed by atoms with van der Waals surface area (Å²) in [6.45, 7) is 1.57. The molecule has 1 aromatic rings. The molecule has 7 heteroatoms. The number of halogens is 1. The molecule has 0 aliphatic carbocycles. The van der Waals surface area contributed by atoms with Gasteiger partial charge in [0.15, 0.2) is 6.10 Å². The zero-order chi connectivity index (χ0) is 15.8. The first-order chi connectivity index (χ1) is 9.95. The Morgan fingerprint density at radius 3 is 2.62 bits per heavy atom. The lowest BCUT2D eigenvalue weighted by Crippen LogP contribution is -2.44. The Labute approximate surface area is 128 Å². The van der Waals surface area contributed by atoms with Gasteiger partial charge in [-0.25, -0.2) is 0 Å². The zero-order valence-corrected chi connectivity index (χ0v) is 12.7. The Bertz CT molecular complexity index is 494. The number of methoxy groups -OCH3 is 1. The van der Waals surface area contributed by atoms with Gasteiger partial charge in [0.2, 0.25) is 0 Å². The van der Waals surface area contributed by atoms with Crippen molar-refractivity contribution in [3.63, 3.8) is 0 Å². The van der Waals surface area contributed by atoms with Gasteiger partial charge in [-0.05, 0) is 19.1 Å². The largest absolute Gasteiger partial charge is 0.480 e. The molecule has 116 valence electrons. The molecule has 0 aliphatic heterocycles. The van der Waals surface area contributed by atoms with Crippen molar-refractivity contribution in [2.75, 3.05) is 26.8 Å². The van der Waals surface area contributed by atoms with Crippen LogP contribution in [-0.4, -0.2) is 54.8 Å². The van der Waals surface area contributed by atoms with E-state index in [-0.39, 0.29) is 13.2 Å². The summed E-state index contributed by atoms with van der Waals surface area (Å²) in [6.07, 6.45) is -0.846. The van der Waals surface area contributed by atoms with Gasteiger partial charge >= 0.3 is 5.97 Å². The fourth-order valence-corrected chi connectivity index (χ4v) is 1.85. The minimum absolute atomic E-state index is 0.178. The van der Waals surface area contributed by atoms with Crippen molar-refractivity contribution in [1.29, 1.82) is 0 Å². The molecule has 1 amide bonds. The number of hydrogen-bond donors (Lipinski definition) is 1. The first kappa shape index (κ1) is 17.3. The van der Waals surface area contributed by atoms with Crippen LogP contribution in [0.5, 0.6) is 5.75 Å². The van der Waals surface area contributed by atoms with E-state index in [2.05, 4.69) is 0 Å². The van der Waals surface area contributed by atoms with Gasteiger partial charge in [0.1, 0.15) is 12.3 Å². The molecule has 0 aromatic heterocycles. The Hall–Kier alpha value is -1.79. The minimum Gasteiger partial charge on any atom is -0.480 e. The quantitative estimate of drug-likeness (QED) is 0.789. The van der Waals surface area contributed by atoms with Crippen molar-refractivity contribution in [2.24, 2.45) is 0 Å². The van der Waals surface area contributed by atoms with E-state index < -0.39 is 24.5 Å². The number of benzene rings is 1. The molecule has 0 saturated carbocycles. The van der Waals surface area contributed by atoms with Gasteiger partial charge in [0.05, 0.1) is 11.6 Å². The summed E-state index contributed by atoms with van der Waals surface area (Å²) in [7, 11) is 1.48. The third kappa shape index (κ3) is 5.61. The normalized spacial score (nSPS) is 11.8. The molecule has 0 saturated heterocycles. The molecule has 0 aliphatic rings. The summed E-state index contributed by atoms with van der Waals surface area (Å²) in [5.41, 5.74) is 0. The first-order valence-electron chi connectivity index (χ1n) is 6.36. The highest BCUT2D eigenvalue weighted by atomic mass is 35.5. The Kier molecular flexibility index (Phi) is 6.98. The maximum absolute atomic E-state index is 12.2. The van der Waals surface area contributed by atoms with E-state index in [9.17, 15) is 9.59 Å². The number of amides is 1. The Balaban J connectivity index is 2.73. The number of nitrogens with zero attached hydrogens (tertiary/aromatic N) is 1. The van der Waals surface area contributed by atoms with E-state index in [0.717, 1.165) is 0 Å². The SMILES string of the molecule is COCCN(CC(=O)O)C(=O)C(C)Oc1ccccc1Cl. The molecule has 1 rings (SSSR count). The Morgan fingerprint density at radius 2 is 2.05 bits per heavy atom. The van der Waals surface area contributed by atoms with Gasteiger partial charge in [-0.2, -0.15) is 0 Å². The lowest BCUT2D eigenvalue weighted by molar-refractivity contribution is -0.148. The fourth-order valence-electron chi connectivity index (χ4n) is 1.67. The topological polar surface area (TPSA) is 76.1 Å². The van der Waals surface area contributed by atoms with Crippen LogP contribution in [0.4, 0.5) is 0 Å². The van der Waals surface area contributed by atoms with Gasteiger partial charge in [0, 0.05) is 13.7 Å². The van der Waals surface area contributed by atoms with Crippen LogP contribution in [0, 0.1) is 0 Å². The molecule has 0 spiro atoms. The fraction of sp³-hybridized carbons (Fsp3) is 0.429. The number of ether oxygens (including phenoxy) is 2. The molecule has 0 fully saturated rings. The maximum atomic E-state index is 12.2. The summed E-state index contributed by atoms with van der Waals surface area (Å²) in [5, 5.41) is 9.24. The van der Waals surface area contributed by atoms with Gasteiger partial charge in [-0.3, -0.25) is 9.59 Å². The van der Waals surface area contributed by atoms with Crippen LogP contribution in [0.1, 0.15) is 6.92 Å². The summed E-state index contributed by atoms with van der Waals surface area (Å²) in [6, 6.07) is 6.77. The van der Waals surface area contributed by atoms with Crippen LogP contribution in [0.15, 0.2) is 24.3 Å². The van der Waals surface area contributed by atoms with Gasteiger partial charge < -0.3 is 19.5 Å². The first-order valence-corrected chi connectivity index (χ1v) is 6.74. The molecule has 6 nitrogen and oxygen atoms in total. The highest BCUT2D eigenvalue weighted by Gasteiger charge is 2.24. The number of hydrogen-bond acceptors (Lipinski definition) is 4. The highest BCUT2D eigenvalue weighted by Crippen LogP contribution is 2.24. The number of carbonyl (C=O) groups is 2. The second-order valence-corrected chi connectivity index (χ2v) is 4.74. The second kappa shape index (κ2) is 8.49. The number of rotatable bonds is 8. The van der Waals surface area contributed by atoms with Gasteiger partial charge in [0.25, 0.3) is 5.91 Å². The molecule has 0 bridgehead atoms. The third-order valence-electron chi connectivity index (χ3n) is 2.69. The molecule has 1 atom stereocenters. The maximum Gasteiger partial charge on any atom is 0.323 e. The van der Waals surface area contributed by atoms with Crippen molar-refractivity contribution in [2.45, 2.75) is 13.0 Å². The van der Waals surface area contributed by atoms with Crippen LogP contribution in [0.25, 0.3) is 0 Å². The van der Waals surface area contributed by atoms with E-state index in [1.54, 1.807) is 31.2 Å². The summed E-state index contributed by atoms with van der Waals surface area (Å²) < 4.78 is 10.4. The van der Waals surface area contributed by atoms with Gasteiger partial charge in [-0.1, -0.05) is 23.7 Å². The minimum atomic E-state index is -1.09. The molecular weight excluding hydrogens is 298 g/mol. The number of carboxylic acid groups (broad SMARTS) is 1. The molecule has 0 heterocycles. The van der Waals surface area contributed by atoms with E-state index in [1.807, 2.05) is 0 Å². The molecule has 1 unspecified atom stereocenters. The van der Waals surface area contributed by atoms with Crippen molar-refractivity contribution >= 4 is 23.5 Å². The molecule has 1 N–H and O–H groups in total. The lowest BCUT2D eigenvalue weighted by atomic mass is 10.3. The number of carboxylic acids is 1. The van der Waals surface area contributed by atoms with E-state index in [1.165, 1.54) is 12.0 Å². The average Bonchev–Trinajstić information content (AvgIpc) is 2.44. The van der Waals surface area contributed by atoms with Crippen LogP contribution in [0.3, 0.4) is 0 Å². The summed E-state index contributed by atoms with van der Waals surface area (Å²) >= 11 is 5.96. The molecular formula is C14H18ClNO5. The molecule has 1 aromatic carbocycles. The summed E-state index contributed by atoms with van der Waals surface area (Å²) in [4.78, 5) is 24.2. The van der Waals surface area contributed by atoms with Crippen molar-refractivity contribution in [1.82, 2.24) is 4.90 Å². The third-order valence-corrected chi connectivity index (χ3v) is 3.00. The van der Waals surface area contributed by atoms with Crippen LogP contribution >= 0.6 is 11.6 Å². The van der Waals surface area contributed by atoms with E-state index in [0.29, 0.717) is 10.8 Å². The van der Waals surface area contributed by atoms with E-state index in [4.69, 9.17) is 26.2 Å². The van der Waals surface area contributed by atoms with Crippen LogP contribution in [0.2, 0.25) is 5.02 Å². The average molecular weight is 316 g/mol. The van der Waals surface area contributed by atoms with Crippen molar-refractivity contribution in [3.05, 3.63) is 29.3 Å². The number of para-hydroxylation sites is 1. The monoisotopic (exact) mass is 315 g/mol. The van der Waals surface area contributed by atoms with Crippen molar-refractivity contribution < 1.29 is 24.2 Å². The second-order valence-electron chi connectivity index (χ2n) is 4.34. The molecule has 0 radical (unpaired) electrons.